The van der Waals surface area contributed by atoms with Gasteiger partial charge in [0.1, 0.15) is 12.4 Å². The lowest BCUT2D eigenvalue weighted by Crippen LogP contribution is -2.12. The van der Waals surface area contributed by atoms with Gasteiger partial charge in [0.15, 0.2) is 11.5 Å². The summed E-state index contributed by atoms with van der Waals surface area (Å²) in [7, 11) is 1.64. The summed E-state index contributed by atoms with van der Waals surface area (Å²) in [5, 5.41) is 3.36. The number of para-hydroxylation sites is 2. The maximum atomic E-state index is 5.89. The summed E-state index contributed by atoms with van der Waals surface area (Å²) in [4.78, 5) is 0. The monoisotopic (exact) mass is 377 g/mol. The molecule has 28 heavy (non-hydrogen) atoms. The maximum Gasteiger partial charge on any atom is 0.161 e. The third kappa shape index (κ3) is 6.23. The first-order valence-corrected chi connectivity index (χ1v) is 9.61. The van der Waals surface area contributed by atoms with Crippen molar-refractivity contribution in [3.05, 3.63) is 84.4 Å². The zero-order valence-corrected chi connectivity index (χ0v) is 16.3. The lowest BCUT2D eigenvalue weighted by Gasteiger charge is -2.12. The lowest BCUT2D eigenvalue weighted by atomic mass is 10.1. The van der Waals surface area contributed by atoms with Gasteiger partial charge in [0.05, 0.1) is 13.7 Å². The maximum absolute atomic E-state index is 5.89. The van der Waals surface area contributed by atoms with Crippen LogP contribution in [0, 0.1) is 0 Å². The Labute approximate surface area is 167 Å². The minimum absolute atomic E-state index is 0.544. The highest BCUT2D eigenvalue weighted by Crippen LogP contribution is 2.25. The highest BCUT2D eigenvalue weighted by Gasteiger charge is 2.02. The van der Waals surface area contributed by atoms with E-state index in [0.29, 0.717) is 19.8 Å². The molecular weight excluding hydrogens is 350 g/mol. The van der Waals surface area contributed by atoms with Gasteiger partial charge in [0.2, 0.25) is 0 Å². The largest absolute Gasteiger partial charge is 0.494 e. The van der Waals surface area contributed by atoms with Crippen molar-refractivity contribution in [2.45, 2.75) is 12.8 Å². The molecule has 4 nitrogen and oxygen atoms in total. The molecule has 0 aliphatic carbocycles. The Morgan fingerprint density at radius 2 is 1.54 bits per heavy atom. The van der Waals surface area contributed by atoms with Gasteiger partial charge in [0, 0.05) is 18.3 Å². The van der Waals surface area contributed by atoms with Crippen molar-refractivity contribution < 1.29 is 14.2 Å². The first kappa shape index (κ1) is 19.6. The van der Waals surface area contributed by atoms with Crippen LogP contribution in [0.15, 0.2) is 78.9 Å². The van der Waals surface area contributed by atoms with Crippen molar-refractivity contribution in [3.63, 3.8) is 0 Å². The third-order valence-corrected chi connectivity index (χ3v) is 4.31. The lowest BCUT2D eigenvalue weighted by molar-refractivity contribution is 0.305. The van der Waals surface area contributed by atoms with E-state index in [2.05, 4.69) is 29.6 Å². The molecule has 0 saturated heterocycles. The third-order valence-electron chi connectivity index (χ3n) is 4.31. The van der Waals surface area contributed by atoms with Crippen LogP contribution in [0.25, 0.3) is 0 Å². The Kier molecular flexibility index (Phi) is 7.62. The van der Waals surface area contributed by atoms with Crippen molar-refractivity contribution in [3.8, 4) is 17.2 Å². The predicted octanol–water partition coefficient (Wildman–Crippen LogP) is 5.20. The second kappa shape index (κ2) is 10.9. The van der Waals surface area contributed by atoms with Crippen LogP contribution in [-0.4, -0.2) is 26.9 Å². The zero-order chi connectivity index (χ0) is 19.4. The van der Waals surface area contributed by atoms with Gasteiger partial charge in [0.25, 0.3) is 0 Å². The molecular formula is C24H27NO3. The topological polar surface area (TPSA) is 39.7 Å². The molecule has 0 spiro atoms. The Balaban J connectivity index is 1.38. The molecule has 0 fully saturated rings. The Hall–Kier alpha value is -3.14. The average molecular weight is 377 g/mol. The van der Waals surface area contributed by atoms with E-state index in [-0.39, 0.29) is 0 Å². The molecule has 3 aromatic rings. The molecule has 0 amide bonds. The van der Waals surface area contributed by atoms with Crippen LogP contribution in [0.3, 0.4) is 0 Å². The van der Waals surface area contributed by atoms with Gasteiger partial charge in [-0.3, -0.25) is 0 Å². The SMILES string of the molecule is COc1ccccc1OCCNc1cccc(OCCCc2ccccc2)c1. The average Bonchev–Trinajstić information content (AvgIpc) is 2.76. The fourth-order valence-electron chi connectivity index (χ4n) is 2.90. The van der Waals surface area contributed by atoms with Crippen molar-refractivity contribution in [1.29, 1.82) is 0 Å². The van der Waals surface area contributed by atoms with Gasteiger partial charge in [-0.05, 0) is 42.7 Å². The molecule has 0 unspecified atom stereocenters. The Bertz CT molecular complexity index is 836. The molecule has 0 bridgehead atoms. The molecule has 0 aromatic heterocycles. The van der Waals surface area contributed by atoms with Gasteiger partial charge in [-0.15, -0.1) is 0 Å². The van der Waals surface area contributed by atoms with Crippen LogP contribution in [0.4, 0.5) is 5.69 Å². The molecule has 0 aliphatic rings. The zero-order valence-electron chi connectivity index (χ0n) is 16.3. The van der Waals surface area contributed by atoms with Crippen molar-refractivity contribution in [1.82, 2.24) is 0 Å². The summed E-state index contributed by atoms with van der Waals surface area (Å²) in [5.74, 6) is 2.37. The van der Waals surface area contributed by atoms with E-state index in [1.54, 1.807) is 7.11 Å². The fourth-order valence-corrected chi connectivity index (χ4v) is 2.90. The molecule has 146 valence electrons. The number of anilines is 1. The van der Waals surface area contributed by atoms with Crippen LogP contribution in [0.5, 0.6) is 17.2 Å². The number of aryl methyl sites for hydroxylation is 1. The van der Waals surface area contributed by atoms with Gasteiger partial charge in [-0.1, -0.05) is 48.5 Å². The first-order valence-electron chi connectivity index (χ1n) is 9.61. The standard InChI is InChI=1S/C24H27NO3/c1-26-23-14-5-6-15-24(23)28-18-16-25-21-12-7-13-22(19-21)27-17-8-11-20-9-3-2-4-10-20/h2-7,9-10,12-15,19,25H,8,11,16-18H2,1H3. The molecule has 3 rings (SSSR count). The molecule has 0 aliphatic heterocycles. The van der Waals surface area contributed by atoms with Gasteiger partial charge < -0.3 is 19.5 Å². The predicted molar refractivity (Wildman–Crippen MR) is 114 cm³/mol. The summed E-state index contributed by atoms with van der Waals surface area (Å²) in [6.07, 6.45) is 2.02. The number of methoxy groups -OCH3 is 1. The van der Waals surface area contributed by atoms with E-state index in [1.165, 1.54) is 5.56 Å². The second-order valence-corrected chi connectivity index (χ2v) is 6.39. The molecule has 0 radical (unpaired) electrons. The first-order chi connectivity index (χ1) is 13.8. The van der Waals surface area contributed by atoms with E-state index in [4.69, 9.17) is 14.2 Å². The van der Waals surface area contributed by atoms with Crippen LogP contribution in [-0.2, 0) is 6.42 Å². The highest BCUT2D eigenvalue weighted by molar-refractivity contribution is 5.48. The fraction of sp³-hybridized carbons (Fsp3) is 0.250. The van der Waals surface area contributed by atoms with Gasteiger partial charge in [-0.25, -0.2) is 0 Å². The van der Waals surface area contributed by atoms with E-state index in [9.17, 15) is 0 Å². The van der Waals surface area contributed by atoms with Crippen LogP contribution in [0.1, 0.15) is 12.0 Å². The minimum Gasteiger partial charge on any atom is -0.494 e. The van der Waals surface area contributed by atoms with Crippen LogP contribution < -0.4 is 19.5 Å². The van der Waals surface area contributed by atoms with Crippen molar-refractivity contribution in [2.75, 3.05) is 32.2 Å². The molecule has 0 saturated carbocycles. The second-order valence-electron chi connectivity index (χ2n) is 6.39. The van der Waals surface area contributed by atoms with Gasteiger partial charge >= 0.3 is 0 Å². The van der Waals surface area contributed by atoms with Crippen molar-refractivity contribution in [2.24, 2.45) is 0 Å². The van der Waals surface area contributed by atoms with E-state index in [1.807, 2.05) is 54.6 Å². The summed E-state index contributed by atoms with van der Waals surface area (Å²) < 4.78 is 17.0. The Morgan fingerprint density at radius 3 is 2.36 bits per heavy atom. The number of nitrogens with one attached hydrogen (secondary N) is 1. The summed E-state index contributed by atoms with van der Waals surface area (Å²) >= 11 is 0. The molecule has 3 aromatic carbocycles. The molecule has 4 heteroatoms. The smallest absolute Gasteiger partial charge is 0.161 e. The Morgan fingerprint density at radius 1 is 0.750 bits per heavy atom. The van der Waals surface area contributed by atoms with E-state index < -0.39 is 0 Å². The molecule has 1 N–H and O–H groups in total. The normalized spacial score (nSPS) is 10.3. The number of hydrogen-bond acceptors (Lipinski definition) is 4. The summed E-state index contributed by atoms with van der Waals surface area (Å²) in [6, 6.07) is 26.2. The van der Waals surface area contributed by atoms with Crippen molar-refractivity contribution >= 4 is 5.69 Å². The van der Waals surface area contributed by atoms with Gasteiger partial charge in [-0.2, -0.15) is 0 Å². The molecule has 0 atom stereocenters. The van der Waals surface area contributed by atoms with E-state index >= 15 is 0 Å². The number of benzene rings is 3. The van der Waals surface area contributed by atoms with Crippen LogP contribution >= 0.6 is 0 Å². The molecule has 0 heterocycles. The van der Waals surface area contributed by atoms with E-state index in [0.717, 1.165) is 35.8 Å². The highest BCUT2D eigenvalue weighted by atomic mass is 16.5. The summed E-state index contributed by atoms with van der Waals surface area (Å²) in [5.41, 5.74) is 2.36. The minimum atomic E-state index is 0.544. The number of hydrogen-bond donors (Lipinski definition) is 1. The quantitative estimate of drug-likeness (QED) is 0.466. The summed E-state index contributed by atoms with van der Waals surface area (Å²) in [6.45, 7) is 1.94. The number of ether oxygens (including phenoxy) is 3. The number of rotatable bonds is 11. The van der Waals surface area contributed by atoms with Crippen LogP contribution in [0.2, 0.25) is 0 Å².